The second-order valence-electron chi connectivity index (χ2n) is 4.76. The van der Waals surface area contributed by atoms with Crippen LogP contribution in [0, 0.1) is 5.92 Å². The van der Waals surface area contributed by atoms with Gasteiger partial charge in [0.1, 0.15) is 0 Å². The molecule has 0 saturated heterocycles. The second kappa shape index (κ2) is 5.84. The Balaban J connectivity index is 2.06. The predicted molar refractivity (Wildman–Crippen MR) is 71.7 cm³/mol. The van der Waals surface area contributed by atoms with Crippen LogP contribution in [0.5, 0.6) is 0 Å². The van der Waals surface area contributed by atoms with Crippen molar-refractivity contribution >= 4 is 17.6 Å². The average Bonchev–Trinajstić information content (AvgIpc) is 2.84. The molecule has 1 aliphatic rings. The lowest BCUT2D eigenvalue weighted by Crippen LogP contribution is -2.34. The van der Waals surface area contributed by atoms with Gasteiger partial charge < -0.3 is 15.8 Å². The molecule has 1 aromatic carbocycles. The first-order valence-electron chi connectivity index (χ1n) is 6.36. The molecule has 0 spiro atoms. The molecule has 2 rings (SSSR count). The standard InChI is InChI=1S/C14H18N2O3/c1-19-14(18)9-4-2-5-10(8-9)16-13(17)11-6-3-7-12(11)15/h2,4-5,8,11-12H,3,6-7,15H2,1H3,(H,16,17). The molecule has 5 heteroatoms. The fourth-order valence-corrected chi connectivity index (χ4v) is 2.39. The summed E-state index contributed by atoms with van der Waals surface area (Å²) in [6, 6.07) is 6.62. The van der Waals surface area contributed by atoms with Gasteiger partial charge in [0, 0.05) is 11.7 Å². The Morgan fingerprint density at radius 3 is 2.79 bits per heavy atom. The van der Waals surface area contributed by atoms with E-state index in [1.54, 1.807) is 24.3 Å². The third kappa shape index (κ3) is 3.12. The van der Waals surface area contributed by atoms with Crippen molar-refractivity contribution in [2.45, 2.75) is 25.3 Å². The Kier molecular flexibility index (Phi) is 4.16. The number of benzene rings is 1. The van der Waals surface area contributed by atoms with E-state index in [1.165, 1.54) is 7.11 Å². The summed E-state index contributed by atoms with van der Waals surface area (Å²) in [6.45, 7) is 0. The first-order chi connectivity index (χ1) is 9.11. The largest absolute Gasteiger partial charge is 0.465 e. The lowest BCUT2D eigenvalue weighted by atomic mass is 10.0. The van der Waals surface area contributed by atoms with E-state index in [2.05, 4.69) is 10.1 Å². The molecule has 0 radical (unpaired) electrons. The number of nitrogens with two attached hydrogens (primary N) is 1. The maximum Gasteiger partial charge on any atom is 0.337 e. The summed E-state index contributed by atoms with van der Waals surface area (Å²) >= 11 is 0. The van der Waals surface area contributed by atoms with Gasteiger partial charge in [0.2, 0.25) is 5.91 Å². The fourth-order valence-electron chi connectivity index (χ4n) is 2.39. The minimum absolute atomic E-state index is 0.0659. The quantitative estimate of drug-likeness (QED) is 0.809. The van der Waals surface area contributed by atoms with Gasteiger partial charge in [-0.3, -0.25) is 4.79 Å². The lowest BCUT2D eigenvalue weighted by Gasteiger charge is -2.15. The van der Waals surface area contributed by atoms with Crippen molar-refractivity contribution in [3.05, 3.63) is 29.8 Å². The summed E-state index contributed by atoms with van der Waals surface area (Å²) in [5.41, 5.74) is 6.90. The normalized spacial score (nSPS) is 22.0. The Bertz CT molecular complexity index is 487. The van der Waals surface area contributed by atoms with Gasteiger partial charge in [-0.2, -0.15) is 0 Å². The topological polar surface area (TPSA) is 81.4 Å². The van der Waals surface area contributed by atoms with Crippen LogP contribution in [0.15, 0.2) is 24.3 Å². The number of esters is 1. The molecule has 0 bridgehead atoms. The molecule has 1 saturated carbocycles. The van der Waals surface area contributed by atoms with Crippen molar-refractivity contribution in [1.29, 1.82) is 0 Å². The molecule has 1 fully saturated rings. The molecule has 5 nitrogen and oxygen atoms in total. The number of carbonyl (C=O) groups is 2. The molecule has 0 aliphatic heterocycles. The third-order valence-corrected chi connectivity index (χ3v) is 3.46. The van der Waals surface area contributed by atoms with Crippen molar-refractivity contribution < 1.29 is 14.3 Å². The maximum absolute atomic E-state index is 12.1. The van der Waals surface area contributed by atoms with E-state index in [0.29, 0.717) is 11.3 Å². The fraction of sp³-hybridized carbons (Fsp3) is 0.429. The molecule has 1 aromatic rings. The zero-order chi connectivity index (χ0) is 13.8. The monoisotopic (exact) mass is 262 g/mol. The first kappa shape index (κ1) is 13.5. The van der Waals surface area contributed by atoms with E-state index in [-0.39, 0.29) is 17.9 Å². The van der Waals surface area contributed by atoms with Crippen molar-refractivity contribution in [2.75, 3.05) is 12.4 Å². The highest BCUT2D eigenvalue weighted by molar-refractivity contribution is 5.95. The van der Waals surface area contributed by atoms with E-state index in [1.807, 2.05) is 0 Å². The van der Waals surface area contributed by atoms with Crippen molar-refractivity contribution in [1.82, 2.24) is 0 Å². The van der Waals surface area contributed by atoms with Crippen LogP contribution < -0.4 is 11.1 Å². The van der Waals surface area contributed by atoms with Crippen LogP contribution in [0.2, 0.25) is 0 Å². The van der Waals surface area contributed by atoms with Crippen molar-refractivity contribution in [2.24, 2.45) is 11.7 Å². The highest BCUT2D eigenvalue weighted by atomic mass is 16.5. The number of ether oxygens (including phenoxy) is 1. The van der Waals surface area contributed by atoms with E-state index >= 15 is 0 Å². The highest BCUT2D eigenvalue weighted by Crippen LogP contribution is 2.25. The summed E-state index contributed by atoms with van der Waals surface area (Å²) in [6.07, 6.45) is 2.70. The number of amides is 1. The van der Waals surface area contributed by atoms with Gasteiger partial charge in [-0.25, -0.2) is 4.79 Å². The second-order valence-corrected chi connectivity index (χ2v) is 4.76. The van der Waals surface area contributed by atoms with Gasteiger partial charge in [-0.15, -0.1) is 0 Å². The predicted octanol–water partition coefficient (Wildman–Crippen LogP) is 1.54. The number of carbonyl (C=O) groups excluding carboxylic acids is 2. The Morgan fingerprint density at radius 1 is 1.37 bits per heavy atom. The lowest BCUT2D eigenvalue weighted by molar-refractivity contribution is -0.120. The van der Waals surface area contributed by atoms with Crippen LogP contribution in [-0.2, 0) is 9.53 Å². The Hall–Kier alpha value is -1.88. The summed E-state index contributed by atoms with van der Waals surface area (Å²) < 4.78 is 4.64. The van der Waals surface area contributed by atoms with Gasteiger partial charge >= 0.3 is 5.97 Å². The molecule has 2 atom stereocenters. The van der Waals surface area contributed by atoms with E-state index in [4.69, 9.17) is 5.73 Å². The Labute approximate surface area is 112 Å². The molecule has 2 unspecified atom stereocenters. The van der Waals surface area contributed by atoms with Crippen LogP contribution >= 0.6 is 0 Å². The molecule has 19 heavy (non-hydrogen) atoms. The number of rotatable bonds is 3. The van der Waals surface area contributed by atoms with Crippen LogP contribution in [-0.4, -0.2) is 25.0 Å². The molecule has 102 valence electrons. The zero-order valence-electron chi connectivity index (χ0n) is 10.9. The minimum Gasteiger partial charge on any atom is -0.465 e. The third-order valence-electron chi connectivity index (χ3n) is 3.46. The minimum atomic E-state index is -0.423. The SMILES string of the molecule is COC(=O)c1cccc(NC(=O)C2CCCC2N)c1. The van der Waals surface area contributed by atoms with E-state index in [0.717, 1.165) is 19.3 Å². The molecule has 1 amide bonds. The Morgan fingerprint density at radius 2 is 2.16 bits per heavy atom. The van der Waals surface area contributed by atoms with E-state index < -0.39 is 5.97 Å². The summed E-state index contributed by atoms with van der Waals surface area (Å²) in [7, 11) is 1.32. The highest BCUT2D eigenvalue weighted by Gasteiger charge is 2.30. The van der Waals surface area contributed by atoms with Crippen LogP contribution in [0.25, 0.3) is 0 Å². The number of anilines is 1. The molecule has 1 aliphatic carbocycles. The van der Waals surface area contributed by atoms with E-state index in [9.17, 15) is 9.59 Å². The summed E-state index contributed by atoms with van der Waals surface area (Å²) in [5.74, 6) is -0.637. The van der Waals surface area contributed by atoms with Crippen LogP contribution in [0.4, 0.5) is 5.69 Å². The molecule has 3 N–H and O–H groups in total. The molecular formula is C14H18N2O3. The van der Waals surface area contributed by atoms with Gasteiger partial charge in [0.25, 0.3) is 0 Å². The number of methoxy groups -OCH3 is 1. The summed E-state index contributed by atoms with van der Waals surface area (Å²) in [4.78, 5) is 23.5. The molecule has 0 heterocycles. The molecular weight excluding hydrogens is 244 g/mol. The number of hydrogen-bond acceptors (Lipinski definition) is 4. The van der Waals surface area contributed by atoms with Gasteiger partial charge in [0.05, 0.1) is 18.6 Å². The van der Waals surface area contributed by atoms with Crippen LogP contribution in [0.1, 0.15) is 29.6 Å². The van der Waals surface area contributed by atoms with Gasteiger partial charge in [-0.05, 0) is 31.0 Å². The van der Waals surface area contributed by atoms with Crippen molar-refractivity contribution in [3.8, 4) is 0 Å². The maximum atomic E-state index is 12.1. The first-order valence-corrected chi connectivity index (χ1v) is 6.36. The summed E-state index contributed by atoms with van der Waals surface area (Å²) in [5, 5.41) is 2.81. The average molecular weight is 262 g/mol. The number of nitrogens with one attached hydrogen (secondary N) is 1. The van der Waals surface area contributed by atoms with Crippen LogP contribution in [0.3, 0.4) is 0 Å². The smallest absolute Gasteiger partial charge is 0.337 e. The zero-order valence-corrected chi connectivity index (χ0v) is 10.9. The number of hydrogen-bond donors (Lipinski definition) is 2. The molecule has 0 aromatic heterocycles. The van der Waals surface area contributed by atoms with Gasteiger partial charge in [-0.1, -0.05) is 12.5 Å². The van der Waals surface area contributed by atoms with Gasteiger partial charge in [0.15, 0.2) is 0 Å². The van der Waals surface area contributed by atoms with Crippen molar-refractivity contribution in [3.63, 3.8) is 0 Å².